The van der Waals surface area contributed by atoms with Gasteiger partial charge in [0.25, 0.3) is 5.91 Å². The first-order chi connectivity index (χ1) is 15.0. The summed E-state index contributed by atoms with van der Waals surface area (Å²) in [4.78, 5) is 36.3. The zero-order valence-electron chi connectivity index (χ0n) is 18.1. The molecule has 0 radical (unpaired) electrons. The maximum Gasteiger partial charge on any atom is 0.337 e. The van der Waals surface area contributed by atoms with E-state index in [1.807, 2.05) is 13.8 Å². The zero-order chi connectivity index (χ0) is 22.9. The number of benzene rings is 2. The monoisotopic (exact) mass is 427 g/mol. The Hall–Kier alpha value is -3.19. The number of hydrogen-bond acceptors (Lipinski definition) is 6. The molecule has 0 aliphatic heterocycles. The van der Waals surface area contributed by atoms with Crippen LogP contribution in [0, 0.1) is 0 Å². The Bertz CT molecular complexity index is 883. The molecule has 7 nitrogen and oxygen atoms in total. The molecule has 31 heavy (non-hydrogen) atoms. The first-order valence-electron chi connectivity index (χ1n) is 10.5. The second-order valence-electron chi connectivity index (χ2n) is 7.07. The third-order valence-electron chi connectivity index (χ3n) is 5.39. The highest BCUT2D eigenvalue weighted by atomic mass is 16.5. The minimum absolute atomic E-state index is 0.248. The van der Waals surface area contributed by atoms with E-state index in [-0.39, 0.29) is 11.5 Å². The Morgan fingerprint density at radius 3 is 1.94 bits per heavy atom. The van der Waals surface area contributed by atoms with Gasteiger partial charge in [0.05, 0.1) is 18.1 Å². The molecule has 0 unspecified atom stereocenters. The molecule has 0 bridgehead atoms. The summed E-state index contributed by atoms with van der Waals surface area (Å²) >= 11 is 0. The van der Waals surface area contributed by atoms with Gasteiger partial charge in [0, 0.05) is 5.56 Å². The summed E-state index contributed by atoms with van der Waals surface area (Å²) in [7, 11) is 1.33. The summed E-state index contributed by atoms with van der Waals surface area (Å²) in [6.45, 7) is 4.00. The Morgan fingerprint density at radius 2 is 1.42 bits per heavy atom. The van der Waals surface area contributed by atoms with E-state index < -0.39 is 17.3 Å². The minimum atomic E-state index is -0.784. The van der Waals surface area contributed by atoms with Crippen molar-refractivity contribution in [2.24, 2.45) is 0 Å². The van der Waals surface area contributed by atoms with Crippen LogP contribution < -0.4 is 10.2 Å². The number of amides is 1. The average molecular weight is 427 g/mol. The van der Waals surface area contributed by atoms with Crippen LogP contribution >= 0.6 is 0 Å². The lowest BCUT2D eigenvalue weighted by Gasteiger charge is -2.35. The van der Waals surface area contributed by atoms with Gasteiger partial charge in [0.2, 0.25) is 0 Å². The number of hydrogen-bond donors (Lipinski definition) is 2. The van der Waals surface area contributed by atoms with Crippen LogP contribution in [0.1, 0.15) is 72.2 Å². The summed E-state index contributed by atoms with van der Waals surface area (Å²) in [5.41, 5.74) is 2.26. The van der Waals surface area contributed by atoms with E-state index in [2.05, 4.69) is 0 Å². The maximum atomic E-state index is 13.2. The highest BCUT2D eigenvalue weighted by Gasteiger charge is 2.43. The van der Waals surface area contributed by atoms with Crippen molar-refractivity contribution in [1.82, 2.24) is 5.48 Å². The predicted octanol–water partition coefficient (Wildman–Crippen LogP) is 4.43. The summed E-state index contributed by atoms with van der Waals surface area (Å²) in [5, 5.41) is 8.69. The molecule has 2 aromatic rings. The van der Waals surface area contributed by atoms with E-state index >= 15 is 0 Å². The third kappa shape index (κ3) is 5.49. The number of ether oxygens (including phenoxy) is 2. The first kappa shape index (κ1) is 24.1. The normalized spacial score (nSPS) is 14.5. The molecule has 0 spiro atoms. The molecule has 2 N–H and O–H groups in total. The fourth-order valence-electron chi connectivity index (χ4n) is 3.75. The average Bonchev–Trinajstić information content (AvgIpc) is 2.85. The topological polar surface area (TPSA) is 102 Å². The predicted molar refractivity (Wildman–Crippen MR) is 115 cm³/mol. The molecule has 1 saturated carbocycles. The van der Waals surface area contributed by atoms with Crippen LogP contribution in [0.3, 0.4) is 0 Å². The van der Waals surface area contributed by atoms with Gasteiger partial charge in [0.1, 0.15) is 5.75 Å². The van der Waals surface area contributed by atoms with E-state index in [1.54, 1.807) is 29.7 Å². The van der Waals surface area contributed by atoms with E-state index in [0.29, 0.717) is 24.2 Å². The van der Waals surface area contributed by atoms with Crippen LogP contribution in [-0.4, -0.2) is 30.2 Å². The van der Waals surface area contributed by atoms with Crippen molar-refractivity contribution in [1.29, 1.82) is 0 Å². The molecular formula is C24H29NO6. The molecule has 7 heteroatoms. The summed E-state index contributed by atoms with van der Waals surface area (Å²) in [6, 6.07) is 12.8. The lowest BCUT2D eigenvalue weighted by Crippen LogP contribution is -2.41. The van der Waals surface area contributed by atoms with Crippen molar-refractivity contribution < 1.29 is 29.1 Å². The van der Waals surface area contributed by atoms with Gasteiger partial charge in [-0.2, -0.15) is 0 Å². The Labute approximate surface area is 182 Å². The van der Waals surface area contributed by atoms with E-state index in [0.717, 1.165) is 24.8 Å². The van der Waals surface area contributed by atoms with Crippen molar-refractivity contribution in [3.05, 3.63) is 65.2 Å². The van der Waals surface area contributed by atoms with Crippen LogP contribution in [0.2, 0.25) is 0 Å². The molecule has 2 aromatic carbocycles. The molecular weight excluding hydrogens is 398 g/mol. The number of esters is 2. The number of carbonyl (C=O) groups is 3. The van der Waals surface area contributed by atoms with Gasteiger partial charge < -0.3 is 9.47 Å². The van der Waals surface area contributed by atoms with Gasteiger partial charge in [-0.1, -0.05) is 45.2 Å². The number of methoxy groups -OCH3 is 1. The minimum Gasteiger partial charge on any atom is -0.465 e. The molecule has 1 fully saturated rings. The van der Waals surface area contributed by atoms with Crippen LogP contribution in [-0.2, 0) is 14.9 Å². The molecule has 0 atom stereocenters. The first-order valence-corrected chi connectivity index (χ1v) is 10.5. The molecule has 1 aliphatic carbocycles. The Kier molecular flexibility index (Phi) is 8.75. The van der Waals surface area contributed by atoms with Crippen molar-refractivity contribution in [2.75, 3.05) is 7.11 Å². The molecule has 0 aromatic heterocycles. The highest BCUT2D eigenvalue weighted by Crippen LogP contribution is 2.41. The largest absolute Gasteiger partial charge is 0.465 e. The lowest BCUT2D eigenvalue weighted by atomic mass is 9.69. The Morgan fingerprint density at radius 1 is 0.871 bits per heavy atom. The summed E-state index contributed by atoms with van der Waals surface area (Å²) in [5.74, 6) is -1.11. The van der Waals surface area contributed by atoms with E-state index in [9.17, 15) is 14.4 Å². The second-order valence-corrected chi connectivity index (χ2v) is 7.07. The lowest BCUT2D eigenvalue weighted by molar-refractivity contribution is -0.142. The van der Waals surface area contributed by atoms with Gasteiger partial charge in [-0.25, -0.2) is 10.3 Å². The standard InChI is InChI=1S/C22H23NO6.C2H6/c1-28-20(25)16-5-9-17(10-6-16)22(13-3-2-4-14-22)21(26)29-18-11-7-15(8-12-18)19(24)23-27;1-2/h5-12,27H,2-4,13-14H2,1H3,(H,23,24);1-2H3. The van der Waals surface area contributed by atoms with Crippen molar-refractivity contribution in [2.45, 2.75) is 51.4 Å². The quantitative estimate of drug-likeness (QED) is 0.317. The van der Waals surface area contributed by atoms with Crippen molar-refractivity contribution >= 4 is 17.8 Å². The maximum absolute atomic E-state index is 13.2. The second kappa shape index (κ2) is 11.3. The summed E-state index contributed by atoms with van der Waals surface area (Å²) in [6.07, 6.45) is 4.19. The van der Waals surface area contributed by atoms with Gasteiger partial charge in [-0.3, -0.25) is 14.8 Å². The van der Waals surface area contributed by atoms with Gasteiger partial charge >= 0.3 is 11.9 Å². The van der Waals surface area contributed by atoms with Crippen molar-refractivity contribution in [3.8, 4) is 5.75 Å². The van der Waals surface area contributed by atoms with Gasteiger partial charge in [-0.05, 0) is 54.8 Å². The number of rotatable bonds is 5. The Balaban J connectivity index is 0.00000166. The highest BCUT2D eigenvalue weighted by molar-refractivity contribution is 5.93. The molecule has 1 amide bonds. The molecule has 1 aliphatic rings. The third-order valence-corrected chi connectivity index (χ3v) is 5.39. The molecule has 0 heterocycles. The number of carbonyl (C=O) groups excluding carboxylic acids is 3. The SMILES string of the molecule is CC.COC(=O)c1ccc(C2(C(=O)Oc3ccc(C(=O)NO)cc3)CCCCC2)cc1. The fraction of sp³-hybridized carbons (Fsp3) is 0.375. The number of nitrogens with one attached hydrogen (secondary N) is 1. The van der Waals surface area contributed by atoms with Gasteiger partial charge in [0.15, 0.2) is 0 Å². The smallest absolute Gasteiger partial charge is 0.337 e. The van der Waals surface area contributed by atoms with Crippen molar-refractivity contribution in [3.63, 3.8) is 0 Å². The molecule has 0 saturated heterocycles. The van der Waals surface area contributed by atoms with E-state index in [4.69, 9.17) is 14.7 Å². The van der Waals surface area contributed by atoms with Crippen LogP contribution in [0.5, 0.6) is 5.75 Å². The molecule has 166 valence electrons. The van der Waals surface area contributed by atoms with E-state index in [1.165, 1.54) is 31.4 Å². The van der Waals surface area contributed by atoms with Crippen LogP contribution in [0.4, 0.5) is 0 Å². The number of hydroxylamine groups is 1. The zero-order valence-corrected chi connectivity index (χ0v) is 18.1. The fourth-order valence-corrected chi connectivity index (χ4v) is 3.75. The van der Waals surface area contributed by atoms with Gasteiger partial charge in [-0.15, -0.1) is 0 Å². The van der Waals surface area contributed by atoms with Crippen LogP contribution in [0.25, 0.3) is 0 Å². The summed E-state index contributed by atoms with van der Waals surface area (Å²) < 4.78 is 10.4. The van der Waals surface area contributed by atoms with Crippen LogP contribution in [0.15, 0.2) is 48.5 Å². The molecule has 3 rings (SSSR count).